The first kappa shape index (κ1) is 11.3. The van der Waals surface area contributed by atoms with E-state index in [1.807, 2.05) is 4.90 Å². The molecule has 1 saturated heterocycles. The van der Waals surface area contributed by atoms with Gasteiger partial charge in [0.05, 0.1) is 0 Å². The molecule has 1 rings (SSSR count). The highest BCUT2D eigenvalue weighted by Gasteiger charge is 2.27. The molecule has 0 bridgehead atoms. The second-order valence-corrected chi connectivity index (χ2v) is 5.41. The Morgan fingerprint density at radius 3 is 2.71 bits per heavy atom. The first-order chi connectivity index (χ1) is 6.42. The van der Waals surface area contributed by atoms with Crippen molar-refractivity contribution in [2.45, 2.75) is 33.6 Å². The molecule has 0 aliphatic carbocycles. The molecule has 0 radical (unpaired) electrons. The van der Waals surface area contributed by atoms with Gasteiger partial charge >= 0.3 is 0 Å². The summed E-state index contributed by atoms with van der Waals surface area (Å²) in [7, 11) is 0. The van der Waals surface area contributed by atoms with Crippen LogP contribution >= 0.6 is 0 Å². The van der Waals surface area contributed by atoms with Gasteiger partial charge in [-0.3, -0.25) is 4.79 Å². The third kappa shape index (κ3) is 3.17. The van der Waals surface area contributed by atoms with E-state index in [0.29, 0.717) is 11.3 Å². The van der Waals surface area contributed by atoms with Crippen molar-refractivity contribution in [2.24, 2.45) is 11.3 Å². The van der Waals surface area contributed by atoms with E-state index in [0.717, 1.165) is 19.5 Å². The van der Waals surface area contributed by atoms with E-state index in [9.17, 15) is 4.79 Å². The number of hydrogen-bond donors (Lipinski definition) is 0. The lowest BCUT2D eigenvalue weighted by atomic mass is 9.84. The summed E-state index contributed by atoms with van der Waals surface area (Å²) in [6.07, 6.45) is 3.77. The van der Waals surface area contributed by atoms with E-state index < -0.39 is 0 Å². The van der Waals surface area contributed by atoms with Crippen LogP contribution in [0.25, 0.3) is 0 Å². The Labute approximate surface area is 87.0 Å². The number of carbonyl (C=O) groups excluding carboxylic acids is 1. The summed E-state index contributed by atoms with van der Waals surface area (Å²) >= 11 is 0. The van der Waals surface area contributed by atoms with Crippen molar-refractivity contribution in [3.05, 3.63) is 12.7 Å². The van der Waals surface area contributed by atoms with E-state index >= 15 is 0 Å². The van der Waals surface area contributed by atoms with Gasteiger partial charge in [0.15, 0.2) is 0 Å². The van der Waals surface area contributed by atoms with Gasteiger partial charge in [0.1, 0.15) is 0 Å². The molecule has 1 unspecified atom stereocenters. The van der Waals surface area contributed by atoms with Crippen molar-refractivity contribution < 1.29 is 4.79 Å². The topological polar surface area (TPSA) is 20.3 Å². The normalized spacial score (nSPS) is 22.5. The lowest BCUT2D eigenvalue weighted by molar-refractivity contribution is -0.125. The minimum absolute atomic E-state index is 0.0846. The SMILES string of the molecule is C=CC(=O)N1CCC(CC(C)(C)C)C1. The van der Waals surface area contributed by atoms with Gasteiger partial charge in [-0.05, 0) is 30.3 Å². The Bertz CT molecular complexity index is 227. The fourth-order valence-corrected chi connectivity index (χ4v) is 2.19. The van der Waals surface area contributed by atoms with E-state index in [1.54, 1.807) is 0 Å². The molecule has 1 aliphatic rings. The predicted molar refractivity (Wildman–Crippen MR) is 59.0 cm³/mol. The van der Waals surface area contributed by atoms with Crippen LogP contribution in [0.5, 0.6) is 0 Å². The maximum atomic E-state index is 11.3. The Morgan fingerprint density at radius 2 is 2.21 bits per heavy atom. The van der Waals surface area contributed by atoms with Gasteiger partial charge in [0.2, 0.25) is 5.91 Å². The summed E-state index contributed by atoms with van der Waals surface area (Å²) < 4.78 is 0. The molecule has 0 aromatic rings. The van der Waals surface area contributed by atoms with Crippen LogP contribution in [0.3, 0.4) is 0 Å². The third-order valence-electron chi connectivity index (χ3n) is 2.67. The molecule has 1 fully saturated rings. The maximum absolute atomic E-state index is 11.3. The molecule has 0 saturated carbocycles. The average Bonchev–Trinajstić information content (AvgIpc) is 2.48. The van der Waals surface area contributed by atoms with Crippen LogP contribution < -0.4 is 0 Å². The lowest BCUT2D eigenvalue weighted by Crippen LogP contribution is -2.27. The molecule has 80 valence electrons. The Morgan fingerprint density at radius 1 is 1.57 bits per heavy atom. The first-order valence-electron chi connectivity index (χ1n) is 5.34. The molecule has 0 aromatic heterocycles. The summed E-state index contributed by atoms with van der Waals surface area (Å²) in [5.41, 5.74) is 0.373. The van der Waals surface area contributed by atoms with Gasteiger partial charge in [0.25, 0.3) is 0 Å². The van der Waals surface area contributed by atoms with Crippen LogP contribution in [0.4, 0.5) is 0 Å². The zero-order valence-corrected chi connectivity index (χ0v) is 9.55. The molecular formula is C12H21NO. The molecule has 2 nitrogen and oxygen atoms in total. The van der Waals surface area contributed by atoms with Crippen LogP contribution in [0.15, 0.2) is 12.7 Å². The Kier molecular flexibility index (Phi) is 3.35. The Balaban J connectivity index is 2.42. The van der Waals surface area contributed by atoms with Crippen molar-refractivity contribution in [2.75, 3.05) is 13.1 Å². The summed E-state index contributed by atoms with van der Waals surface area (Å²) in [6.45, 7) is 12.1. The summed E-state index contributed by atoms with van der Waals surface area (Å²) in [4.78, 5) is 13.2. The number of amides is 1. The highest BCUT2D eigenvalue weighted by molar-refractivity contribution is 5.87. The van der Waals surface area contributed by atoms with Crippen LogP contribution in [0, 0.1) is 11.3 Å². The van der Waals surface area contributed by atoms with Gasteiger partial charge in [-0.2, -0.15) is 0 Å². The smallest absolute Gasteiger partial charge is 0.245 e. The summed E-state index contributed by atoms with van der Waals surface area (Å²) in [5, 5.41) is 0. The van der Waals surface area contributed by atoms with E-state index in [4.69, 9.17) is 0 Å². The van der Waals surface area contributed by atoms with Crippen molar-refractivity contribution in [1.82, 2.24) is 4.90 Å². The second-order valence-electron chi connectivity index (χ2n) is 5.41. The van der Waals surface area contributed by atoms with Gasteiger partial charge < -0.3 is 4.90 Å². The van der Waals surface area contributed by atoms with E-state index in [1.165, 1.54) is 12.5 Å². The van der Waals surface area contributed by atoms with Crippen molar-refractivity contribution >= 4 is 5.91 Å². The quantitative estimate of drug-likeness (QED) is 0.620. The lowest BCUT2D eigenvalue weighted by Gasteiger charge is -2.22. The molecule has 0 aromatic carbocycles. The molecule has 1 amide bonds. The minimum Gasteiger partial charge on any atom is -0.339 e. The number of nitrogens with zero attached hydrogens (tertiary/aromatic N) is 1. The van der Waals surface area contributed by atoms with E-state index in [2.05, 4.69) is 27.4 Å². The van der Waals surface area contributed by atoms with Crippen LogP contribution in [-0.2, 0) is 4.79 Å². The number of rotatable bonds is 2. The van der Waals surface area contributed by atoms with Crippen molar-refractivity contribution in [1.29, 1.82) is 0 Å². The fourth-order valence-electron chi connectivity index (χ4n) is 2.19. The molecule has 0 N–H and O–H groups in total. The molecule has 0 spiro atoms. The number of hydrogen-bond acceptors (Lipinski definition) is 1. The number of carbonyl (C=O) groups is 1. The third-order valence-corrected chi connectivity index (χ3v) is 2.67. The Hall–Kier alpha value is -0.790. The molecule has 1 atom stereocenters. The highest BCUT2D eigenvalue weighted by Crippen LogP contribution is 2.30. The molecule has 1 heterocycles. The van der Waals surface area contributed by atoms with Gasteiger partial charge in [-0.1, -0.05) is 27.4 Å². The van der Waals surface area contributed by atoms with Crippen LogP contribution in [0.2, 0.25) is 0 Å². The zero-order valence-electron chi connectivity index (χ0n) is 9.55. The van der Waals surface area contributed by atoms with Gasteiger partial charge in [-0.25, -0.2) is 0 Å². The average molecular weight is 195 g/mol. The first-order valence-corrected chi connectivity index (χ1v) is 5.34. The maximum Gasteiger partial charge on any atom is 0.245 e. The minimum atomic E-state index is 0.0846. The van der Waals surface area contributed by atoms with Gasteiger partial charge in [0, 0.05) is 13.1 Å². The number of likely N-dealkylation sites (tertiary alicyclic amines) is 1. The zero-order chi connectivity index (χ0) is 10.8. The predicted octanol–water partition coefficient (Wildman–Crippen LogP) is 2.46. The van der Waals surface area contributed by atoms with Crippen molar-refractivity contribution in [3.63, 3.8) is 0 Å². The van der Waals surface area contributed by atoms with Crippen molar-refractivity contribution in [3.8, 4) is 0 Å². The van der Waals surface area contributed by atoms with Crippen LogP contribution in [0.1, 0.15) is 33.6 Å². The molecule has 1 aliphatic heterocycles. The standard InChI is InChI=1S/C12H21NO/c1-5-11(14)13-7-6-10(9-13)8-12(2,3)4/h5,10H,1,6-9H2,2-4H3. The molecule has 2 heteroatoms. The van der Waals surface area contributed by atoms with Gasteiger partial charge in [-0.15, -0.1) is 0 Å². The highest BCUT2D eigenvalue weighted by atomic mass is 16.2. The monoisotopic (exact) mass is 195 g/mol. The molecular weight excluding hydrogens is 174 g/mol. The summed E-state index contributed by atoms with van der Waals surface area (Å²) in [5.74, 6) is 0.764. The largest absolute Gasteiger partial charge is 0.339 e. The van der Waals surface area contributed by atoms with E-state index in [-0.39, 0.29) is 5.91 Å². The second kappa shape index (κ2) is 4.16. The molecule has 14 heavy (non-hydrogen) atoms. The fraction of sp³-hybridized carbons (Fsp3) is 0.750. The van der Waals surface area contributed by atoms with Crippen LogP contribution in [-0.4, -0.2) is 23.9 Å². The summed E-state index contributed by atoms with van der Waals surface area (Å²) in [6, 6.07) is 0.